The van der Waals surface area contributed by atoms with Gasteiger partial charge < -0.3 is 14.8 Å². The zero-order valence-corrected chi connectivity index (χ0v) is 16.8. The second kappa shape index (κ2) is 8.44. The van der Waals surface area contributed by atoms with Gasteiger partial charge in [-0.15, -0.1) is 0 Å². The normalized spacial score (nSPS) is 12.4. The van der Waals surface area contributed by atoms with Gasteiger partial charge in [0, 0.05) is 12.2 Å². The van der Waals surface area contributed by atoms with Gasteiger partial charge in [-0.25, -0.2) is 0 Å². The number of rotatable bonds is 7. The number of amides is 1. The van der Waals surface area contributed by atoms with Crippen molar-refractivity contribution in [2.24, 2.45) is 0 Å². The van der Waals surface area contributed by atoms with Crippen molar-refractivity contribution in [2.45, 2.75) is 46.3 Å². The molecule has 148 valence electrons. The fourth-order valence-electron chi connectivity index (χ4n) is 3.06. The lowest BCUT2D eigenvalue weighted by molar-refractivity contribution is 0.0887. The number of aromatic nitrogens is 2. The summed E-state index contributed by atoms with van der Waals surface area (Å²) in [6, 6.07) is 13.2. The van der Waals surface area contributed by atoms with Crippen LogP contribution in [0.1, 0.15) is 64.7 Å². The van der Waals surface area contributed by atoms with E-state index in [4.69, 9.17) is 4.42 Å². The fraction of sp³-hybridized carbons (Fsp3) is 0.364. The van der Waals surface area contributed by atoms with Gasteiger partial charge in [0.25, 0.3) is 5.91 Å². The standard InChI is InChI=1S/C22H27N3O3/c1-14(2)17-5-7-18(8-6-17)20(26)12-23-22(27)21-10-9-19(28-21)13-25-16(4)11-15(3)24-25/h5-11,14,20,26H,12-13H2,1-4H3,(H,23,27). The molecule has 0 fully saturated rings. The summed E-state index contributed by atoms with van der Waals surface area (Å²) in [5.74, 6) is 0.964. The Morgan fingerprint density at radius 1 is 1.14 bits per heavy atom. The number of carbonyl (C=O) groups excluding carboxylic acids is 1. The molecule has 6 heteroatoms. The van der Waals surface area contributed by atoms with E-state index in [9.17, 15) is 9.90 Å². The molecular weight excluding hydrogens is 354 g/mol. The van der Waals surface area contributed by atoms with Crippen molar-refractivity contribution in [3.63, 3.8) is 0 Å². The molecule has 0 saturated heterocycles. The van der Waals surface area contributed by atoms with E-state index >= 15 is 0 Å². The number of carbonyl (C=O) groups is 1. The number of hydrogen-bond acceptors (Lipinski definition) is 4. The molecule has 2 aromatic heterocycles. The van der Waals surface area contributed by atoms with E-state index in [1.54, 1.807) is 12.1 Å². The maximum Gasteiger partial charge on any atom is 0.287 e. The average Bonchev–Trinajstić information content (AvgIpc) is 3.26. The molecule has 0 aliphatic carbocycles. The van der Waals surface area contributed by atoms with Gasteiger partial charge in [-0.3, -0.25) is 9.48 Å². The van der Waals surface area contributed by atoms with Crippen LogP contribution in [0.5, 0.6) is 0 Å². The molecule has 1 aromatic carbocycles. The molecule has 0 aliphatic heterocycles. The molecule has 0 spiro atoms. The third-order valence-electron chi connectivity index (χ3n) is 4.74. The number of furan rings is 1. The van der Waals surface area contributed by atoms with Crippen molar-refractivity contribution in [1.82, 2.24) is 15.1 Å². The van der Waals surface area contributed by atoms with E-state index in [1.807, 2.05) is 48.9 Å². The Labute approximate surface area is 165 Å². The molecule has 0 radical (unpaired) electrons. The molecule has 0 saturated carbocycles. The minimum absolute atomic E-state index is 0.118. The largest absolute Gasteiger partial charge is 0.454 e. The summed E-state index contributed by atoms with van der Waals surface area (Å²) in [4.78, 5) is 12.3. The molecule has 1 atom stereocenters. The van der Waals surface area contributed by atoms with Crippen molar-refractivity contribution < 1.29 is 14.3 Å². The van der Waals surface area contributed by atoms with Gasteiger partial charge in [0.2, 0.25) is 0 Å². The van der Waals surface area contributed by atoms with Crippen LogP contribution in [0.3, 0.4) is 0 Å². The summed E-state index contributed by atoms with van der Waals surface area (Å²) in [6.07, 6.45) is -0.769. The Morgan fingerprint density at radius 3 is 2.43 bits per heavy atom. The van der Waals surface area contributed by atoms with E-state index in [-0.39, 0.29) is 18.2 Å². The monoisotopic (exact) mass is 381 g/mol. The van der Waals surface area contributed by atoms with Gasteiger partial charge in [0.1, 0.15) is 5.76 Å². The minimum atomic E-state index is -0.769. The second-order valence-corrected chi connectivity index (χ2v) is 7.40. The maximum atomic E-state index is 12.3. The van der Waals surface area contributed by atoms with E-state index in [1.165, 1.54) is 5.56 Å². The van der Waals surface area contributed by atoms with Crippen molar-refractivity contribution in [3.05, 3.63) is 76.5 Å². The molecule has 3 aromatic rings. The van der Waals surface area contributed by atoms with Gasteiger partial charge in [0.05, 0.1) is 18.3 Å². The van der Waals surface area contributed by atoms with Crippen LogP contribution in [0.15, 0.2) is 46.9 Å². The Bertz CT molecular complexity index is 938. The lowest BCUT2D eigenvalue weighted by Gasteiger charge is -2.13. The average molecular weight is 381 g/mol. The number of benzene rings is 1. The number of nitrogens with zero attached hydrogens (tertiary/aromatic N) is 2. The molecule has 6 nitrogen and oxygen atoms in total. The first-order chi connectivity index (χ1) is 13.3. The van der Waals surface area contributed by atoms with Crippen LogP contribution in [0.25, 0.3) is 0 Å². The third kappa shape index (κ3) is 4.70. The first-order valence-electron chi connectivity index (χ1n) is 9.49. The second-order valence-electron chi connectivity index (χ2n) is 7.40. The Hall–Kier alpha value is -2.86. The third-order valence-corrected chi connectivity index (χ3v) is 4.74. The maximum absolute atomic E-state index is 12.3. The molecule has 2 heterocycles. The quantitative estimate of drug-likeness (QED) is 0.653. The van der Waals surface area contributed by atoms with Crippen molar-refractivity contribution in [3.8, 4) is 0 Å². The number of hydrogen-bond donors (Lipinski definition) is 2. The molecule has 1 unspecified atom stereocenters. The van der Waals surface area contributed by atoms with Crippen LogP contribution in [0, 0.1) is 13.8 Å². The van der Waals surface area contributed by atoms with E-state index in [2.05, 4.69) is 24.3 Å². The van der Waals surface area contributed by atoms with Gasteiger partial charge >= 0.3 is 0 Å². The summed E-state index contributed by atoms with van der Waals surface area (Å²) in [5, 5.41) is 17.4. The number of aryl methyl sites for hydroxylation is 2. The van der Waals surface area contributed by atoms with Gasteiger partial charge in [0.15, 0.2) is 5.76 Å². The highest BCUT2D eigenvalue weighted by Crippen LogP contribution is 2.18. The first kappa shape index (κ1) is 19.9. The number of nitrogens with one attached hydrogen (secondary N) is 1. The van der Waals surface area contributed by atoms with E-state index in [0.717, 1.165) is 17.0 Å². The zero-order valence-electron chi connectivity index (χ0n) is 16.8. The predicted molar refractivity (Wildman–Crippen MR) is 107 cm³/mol. The van der Waals surface area contributed by atoms with Crippen molar-refractivity contribution >= 4 is 5.91 Å². The van der Waals surface area contributed by atoms with Gasteiger partial charge in [-0.05, 0) is 49.1 Å². The molecule has 28 heavy (non-hydrogen) atoms. The highest BCUT2D eigenvalue weighted by molar-refractivity contribution is 5.91. The Morgan fingerprint density at radius 2 is 1.82 bits per heavy atom. The molecule has 1 amide bonds. The Balaban J connectivity index is 1.56. The van der Waals surface area contributed by atoms with E-state index in [0.29, 0.717) is 18.2 Å². The fourth-order valence-corrected chi connectivity index (χ4v) is 3.06. The van der Waals surface area contributed by atoms with Crippen LogP contribution in [0.4, 0.5) is 0 Å². The molecule has 2 N–H and O–H groups in total. The SMILES string of the molecule is Cc1cc(C)n(Cc2ccc(C(=O)NCC(O)c3ccc(C(C)C)cc3)o2)n1. The smallest absolute Gasteiger partial charge is 0.287 e. The minimum Gasteiger partial charge on any atom is -0.454 e. The van der Waals surface area contributed by atoms with Crippen molar-refractivity contribution in [1.29, 1.82) is 0 Å². The topological polar surface area (TPSA) is 80.3 Å². The molecular formula is C22H27N3O3. The van der Waals surface area contributed by atoms with E-state index < -0.39 is 6.10 Å². The van der Waals surface area contributed by atoms with Gasteiger partial charge in [-0.2, -0.15) is 5.10 Å². The van der Waals surface area contributed by atoms with Crippen LogP contribution in [0.2, 0.25) is 0 Å². The summed E-state index contributed by atoms with van der Waals surface area (Å²) in [7, 11) is 0. The van der Waals surface area contributed by atoms with Crippen LogP contribution < -0.4 is 5.32 Å². The highest BCUT2D eigenvalue weighted by Gasteiger charge is 2.15. The number of aliphatic hydroxyl groups is 1. The van der Waals surface area contributed by atoms with Gasteiger partial charge in [-0.1, -0.05) is 38.1 Å². The summed E-state index contributed by atoms with van der Waals surface area (Å²) >= 11 is 0. The van der Waals surface area contributed by atoms with Crippen LogP contribution >= 0.6 is 0 Å². The van der Waals surface area contributed by atoms with Crippen LogP contribution in [-0.2, 0) is 6.54 Å². The molecule has 0 bridgehead atoms. The first-order valence-corrected chi connectivity index (χ1v) is 9.49. The summed E-state index contributed by atoms with van der Waals surface area (Å²) < 4.78 is 7.47. The lowest BCUT2D eigenvalue weighted by Crippen LogP contribution is -2.28. The van der Waals surface area contributed by atoms with Crippen LogP contribution in [-0.4, -0.2) is 27.3 Å². The Kier molecular flexibility index (Phi) is 5.99. The highest BCUT2D eigenvalue weighted by atomic mass is 16.4. The number of aliphatic hydroxyl groups excluding tert-OH is 1. The predicted octanol–water partition coefficient (Wildman–Crippen LogP) is 3.73. The lowest BCUT2D eigenvalue weighted by atomic mass is 10.00. The zero-order chi connectivity index (χ0) is 20.3. The summed E-state index contributed by atoms with van der Waals surface area (Å²) in [5.41, 5.74) is 3.96. The molecule has 0 aliphatic rings. The summed E-state index contributed by atoms with van der Waals surface area (Å²) in [6.45, 7) is 8.75. The molecule has 3 rings (SSSR count). The van der Waals surface area contributed by atoms with Crippen molar-refractivity contribution in [2.75, 3.05) is 6.54 Å².